The number of aliphatic carboxylic acids is 1. The molecule has 0 saturated carbocycles. The topological polar surface area (TPSA) is 55.1 Å². The molecule has 0 fully saturated rings. The molecule has 2 heterocycles. The van der Waals surface area contributed by atoms with Gasteiger partial charge in [-0.2, -0.15) is 0 Å². The second kappa shape index (κ2) is 7.93. The lowest BCUT2D eigenvalue weighted by Crippen LogP contribution is -2.07. The number of pyridine rings is 1. The van der Waals surface area contributed by atoms with Crippen molar-refractivity contribution in [3.8, 4) is 5.69 Å². The number of rotatable bonds is 5. The Morgan fingerprint density at radius 2 is 2.00 bits per heavy atom. The number of carboxylic acids is 1. The largest absolute Gasteiger partial charge is 0.481 e. The molecule has 0 aliphatic carbocycles. The molecule has 0 bridgehead atoms. The average molecular weight is 423 g/mol. The Kier molecular flexibility index (Phi) is 5.35. The molecule has 4 nitrogen and oxygen atoms in total. The molecule has 29 heavy (non-hydrogen) atoms. The Balaban J connectivity index is 1.84. The number of aromatic nitrogens is 2. The van der Waals surface area contributed by atoms with Crippen molar-refractivity contribution in [2.45, 2.75) is 29.6 Å². The van der Waals surface area contributed by atoms with Crippen molar-refractivity contribution in [3.05, 3.63) is 83.3 Å². The molecule has 4 aromatic rings. The first-order valence-corrected chi connectivity index (χ1v) is 10.4. The monoisotopic (exact) mass is 422 g/mol. The van der Waals surface area contributed by atoms with Crippen LogP contribution < -0.4 is 0 Å². The minimum Gasteiger partial charge on any atom is -0.481 e. The van der Waals surface area contributed by atoms with Crippen LogP contribution in [0.4, 0.5) is 0 Å². The Morgan fingerprint density at radius 1 is 1.17 bits per heavy atom. The first-order valence-electron chi connectivity index (χ1n) is 9.17. The highest BCUT2D eigenvalue weighted by atomic mass is 35.5. The molecule has 2 aromatic carbocycles. The van der Waals surface area contributed by atoms with Gasteiger partial charge in [-0.25, -0.2) is 0 Å². The summed E-state index contributed by atoms with van der Waals surface area (Å²) in [6, 6.07) is 17.5. The predicted molar refractivity (Wildman–Crippen MR) is 117 cm³/mol. The van der Waals surface area contributed by atoms with Gasteiger partial charge in [0.25, 0.3) is 0 Å². The fourth-order valence-electron chi connectivity index (χ4n) is 3.41. The van der Waals surface area contributed by atoms with Crippen molar-refractivity contribution >= 4 is 40.2 Å². The first-order chi connectivity index (χ1) is 14.0. The molecule has 0 saturated heterocycles. The van der Waals surface area contributed by atoms with E-state index in [2.05, 4.69) is 16.5 Å². The summed E-state index contributed by atoms with van der Waals surface area (Å²) in [5.74, 6) is -1.38. The highest BCUT2D eigenvalue weighted by Gasteiger charge is 2.18. The number of hydrogen-bond donors (Lipinski definition) is 1. The summed E-state index contributed by atoms with van der Waals surface area (Å²) in [5.41, 5.74) is 3.86. The minimum atomic E-state index is -0.828. The van der Waals surface area contributed by atoms with E-state index in [-0.39, 0.29) is 0 Å². The van der Waals surface area contributed by atoms with E-state index in [0.717, 1.165) is 37.6 Å². The van der Waals surface area contributed by atoms with Gasteiger partial charge in [0.1, 0.15) is 0 Å². The predicted octanol–water partition coefficient (Wildman–Crippen LogP) is 6.33. The van der Waals surface area contributed by atoms with Crippen LogP contribution in [0.25, 0.3) is 16.6 Å². The lowest BCUT2D eigenvalue weighted by molar-refractivity contribution is -0.138. The van der Waals surface area contributed by atoms with E-state index < -0.39 is 11.9 Å². The summed E-state index contributed by atoms with van der Waals surface area (Å²) >= 11 is 7.92. The molecule has 6 heteroatoms. The third-order valence-electron chi connectivity index (χ3n) is 4.96. The summed E-state index contributed by atoms with van der Waals surface area (Å²) in [7, 11) is 0. The molecule has 0 radical (unpaired) electrons. The summed E-state index contributed by atoms with van der Waals surface area (Å²) in [5, 5.41) is 11.1. The maximum Gasteiger partial charge on any atom is 0.310 e. The van der Waals surface area contributed by atoms with Crippen molar-refractivity contribution in [2.24, 2.45) is 0 Å². The Hall–Kier alpha value is -2.76. The Bertz CT molecular complexity index is 1200. The van der Waals surface area contributed by atoms with Gasteiger partial charge in [-0.1, -0.05) is 41.6 Å². The number of carbonyl (C=O) groups is 1. The zero-order valence-corrected chi connectivity index (χ0v) is 17.5. The molecule has 1 unspecified atom stereocenters. The first kappa shape index (κ1) is 19.6. The molecule has 2 aromatic heterocycles. The van der Waals surface area contributed by atoms with E-state index in [1.807, 2.05) is 60.8 Å². The van der Waals surface area contributed by atoms with Gasteiger partial charge in [-0.15, -0.1) is 0 Å². The van der Waals surface area contributed by atoms with Crippen LogP contribution >= 0.6 is 23.4 Å². The molecule has 0 aliphatic rings. The standard InChI is InChI=1S/C23H19ClN2O2S/c1-14(23(27)28)16-5-3-7-19(11-16)29-22-15(2)26(18-6-4-10-25-13-18)21-12-17(24)8-9-20(21)22/h3-14H,1-2H3,(H,27,28). The lowest BCUT2D eigenvalue weighted by Gasteiger charge is -2.10. The number of benzene rings is 2. The van der Waals surface area contributed by atoms with Crippen LogP contribution in [0.3, 0.4) is 0 Å². The van der Waals surface area contributed by atoms with Gasteiger partial charge >= 0.3 is 5.97 Å². The number of nitrogens with zero attached hydrogens (tertiary/aromatic N) is 2. The normalized spacial score (nSPS) is 12.2. The van der Waals surface area contributed by atoms with Gasteiger partial charge in [0.15, 0.2) is 0 Å². The average Bonchev–Trinajstić information content (AvgIpc) is 2.99. The molecule has 0 aliphatic heterocycles. The van der Waals surface area contributed by atoms with Crippen LogP contribution in [0.2, 0.25) is 5.02 Å². The highest BCUT2D eigenvalue weighted by Crippen LogP contribution is 2.41. The van der Waals surface area contributed by atoms with Crippen molar-refractivity contribution < 1.29 is 9.90 Å². The zero-order chi connectivity index (χ0) is 20.5. The van der Waals surface area contributed by atoms with Crippen molar-refractivity contribution in [1.29, 1.82) is 0 Å². The van der Waals surface area contributed by atoms with Crippen molar-refractivity contribution in [1.82, 2.24) is 9.55 Å². The van der Waals surface area contributed by atoms with Gasteiger partial charge in [-0.05, 0) is 55.8 Å². The third kappa shape index (κ3) is 3.76. The summed E-state index contributed by atoms with van der Waals surface area (Å²) in [4.78, 5) is 17.7. The SMILES string of the molecule is Cc1c(Sc2cccc(C(C)C(=O)O)c2)c2ccc(Cl)cc2n1-c1cccnc1. The number of halogens is 1. The van der Waals surface area contributed by atoms with Gasteiger partial charge in [-0.3, -0.25) is 9.78 Å². The fraction of sp³-hybridized carbons (Fsp3) is 0.130. The Morgan fingerprint density at radius 3 is 2.72 bits per heavy atom. The van der Waals surface area contributed by atoms with E-state index in [0.29, 0.717) is 5.02 Å². The van der Waals surface area contributed by atoms with Crippen LogP contribution in [-0.2, 0) is 4.79 Å². The van der Waals surface area contributed by atoms with E-state index >= 15 is 0 Å². The van der Waals surface area contributed by atoms with Gasteiger partial charge < -0.3 is 9.67 Å². The van der Waals surface area contributed by atoms with E-state index in [9.17, 15) is 9.90 Å². The maximum atomic E-state index is 11.4. The van der Waals surface area contributed by atoms with E-state index in [1.165, 1.54) is 0 Å². The number of hydrogen-bond acceptors (Lipinski definition) is 3. The quantitative estimate of drug-likeness (QED) is 0.408. The highest BCUT2D eigenvalue weighted by molar-refractivity contribution is 7.99. The summed E-state index contributed by atoms with van der Waals surface area (Å²) < 4.78 is 2.15. The number of fused-ring (bicyclic) bond motifs is 1. The molecule has 1 atom stereocenters. The molecule has 0 amide bonds. The van der Waals surface area contributed by atoms with Gasteiger partial charge in [0.2, 0.25) is 0 Å². The third-order valence-corrected chi connectivity index (χ3v) is 6.41. The molecule has 4 rings (SSSR count). The number of carboxylic acid groups (broad SMARTS) is 1. The Labute approximate surface area is 178 Å². The van der Waals surface area contributed by atoms with Crippen LogP contribution in [0.15, 0.2) is 76.8 Å². The summed E-state index contributed by atoms with van der Waals surface area (Å²) in [6.07, 6.45) is 3.58. The molecule has 146 valence electrons. The van der Waals surface area contributed by atoms with Crippen molar-refractivity contribution in [2.75, 3.05) is 0 Å². The minimum absolute atomic E-state index is 0.549. The second-order valence-electron chi connectivity index (χ2n) is 6.86. The maximum absolute atomic E-state index is 11.4. The fourth-order valence-corrected chi connectivity index (χ4v) is 4.68. The van der Waals surface area contributed by atoms with Crippen molar-refractivity contribution in [3.63, 3.8) is 0 Å². The van der Waals surface area contributed by atoms with Crippen LogP contribution in [0.5, 0.6) is 0 Å². The zero-order valence-electron chi connectivity index (χ0n) is 16.0. The van der Waals surface area contributed by atoms with Crippen LogP contribution in [0, 0.1) is 6.92 Å². The summed E-state index contributed by atoms with van der Waals surface area (Å²) in [6.45, 7) is 3.78. The molecular formula is C23H19ClN2O2S. The van der Waals surface area contributed by atoms with Gasteiger partial charge in [0, 0.05) is 32.1 Å². The molecular weight excluding hydrogens is 404 g/mol. The van der Waals surface area contributed by atoms with E-state index in [4.69, 9.17) is 11.6 Å². The second-order valence-corrected chi connectivity index (χ2v) is 8.38. The molecule has 1 N–H and O–H groups in total. The van der Waals surface area contributed by atoms with Crippen LogP contribution in [-0.4, -0.2) is 20.6 Å². The van der Waals surface area contributed by atoms with Gasteiger partial charge in [0.05, 0.1) is 23.3 Å². The lowest BCUT2D eigenvalue weighted by atomic mass is 10.0. The smallest absolute Gasteiger partial charge is 0.310 e. The molecule has 0 spiro atoms. The van der Waals surface area contributed by atoms with Crippen LogP contribution in [0.1, 0.15) is 24.1 Å². The van der Waals surface area contributed by atoms with E-state index in [1.54, 1.807) is 24.9 Å².